The number of esters is 1. The van der Waals surface area contributed by atoms with E-state index in [0.717, 1.165) is 11.1 Å². The molecule has 0 spiro atoms. The fourth-order valence-electron chi connectivity index (χ4n) is 2.76. The summed E-state index contributed by atoms with van der Waals surface area (Å²) in [5.74, 6) is 0.129. The van der Waals surface area contributed by atoms with Gasteiger partial charge in [0.15, 0.2) is 18.1 Å². The number of aryl methyl sites for hydroxylation is 2. The van der Waals surface area contributed by atoms with E-state index < -0.39 is 5.97 Å². The van der Waals surface area contributed by atoms with Crippen molar-refractivity contribution in [2.75, 3.05) is 27.4 Å². The summed E-state index contributed by atoms with van der Waals surface area (Å²) in [6.07, 6.45) is 0. The predicted molar refractivity (Wildman–Crippen MR) is 107 cm³/mol. The minimum atomic E-state index is -0.586. The van der Waals surface area contributed by atoms with Gasteiger partial charge < -0.3 is 19.1 Å². The number of likely N-dealkylation sites (N-methyl/N-ethyl adjacent to an activating group) is 1. The van der Waals surface area contributed by atoms with Crippen molar-refractivity contribution in [2.45, 2.75) is 27.3 Å². The van der Waals surface area contributed by atoms with Crippen molar-refractivity contribution in [3.63, 3.8) is 0 Å². The molecule has 0 aliphatic heterocycles. The standard InChI is InChI=1S/C22H27NO5/c1-6-27-20-12-17(9-10-19(20)26-5)22(25)28-14-21(24)23(4)13-18-8-7-15(2)11-16(18)3/h7-12H,6,13-14H2,1-5H3. The maximum atomic E-state index is 12.3. The van der Waals surface area contributed by atoms with E-state index in [2.05, 4.69) is 6.07 Å². The summed E-state index contributed by atoms with van der Waals surface area (Å²) in [4.78, 5) is 26.2. The minimum absolute atomic E-state index is 0.271. The summed E-state index contributed by atoms with van der Waals surface area (Å²) >= 11 is 0. The van der Waals surface area contributed by atoms with Gasteiger partial charge in [0.25, 0.3) is 5.91 Å². The number of ether oxygens (including phenoxy) is 3. The average Bonchev–Trinajstić information content (AvgIpc) is 2.68. The van der Waals surface area contributed by atoms with E-state index in [-0.39, 0.29) is 12.5 Å². The maximum absolute atomic E-state index is 12.3. The van der Waals surface area contributed by atoms with Gasteiger partial charge in [-0.1, -0.05) is 23.8 Å². The molecular weight excluding hydrogens is 358 g/mol. The SMILES string of the molecule is CCOc1cc(C(=O)OCC(=O)N(C)Cc2ccc(C)cc2C)ccc1OC. The zero-order valence-electron chi connectivity index (χ0n) is 17.1. The van der Waals surface area contributed by atoms with E-state index >= 15 is 0 Å². The molecule has 0 heterocycles. The second kappa shape index (κ2) is 9.78. The summed E-state index contributed by atoms with van der Waals surface area (Å²) in [7, 11) is 3.22. The molecule has 0 atom stereocenters. The monoisotopic (exact) mass is 385 g/mol. The quantitative estimate of drug-likeness (QED) is 0.651. The summed E-state index contributed by atoms with van der Waals surface area (Å²) in [6, 6.07) is 10.9. The third kappa shape index (κ3) is 5.49. The average molecular weight is 385 g/mol. The number of methoxy groups -OCH3 is 1. The Morgan fingerprint density at radius 1 is 1.04 bits per heavy atom. The molecule has 2 aromatic rings. The van der Waals surface area contributed by atoms with Crippen molar-refractivity contribution >= 4 is 11.9 Å². The van der Waals surface area contributed by atoms with Crippen LogP contribution in [0.1, 0.15) is 34.0 Å². The van der Waals surface area contributed by atoms with Crippen LogP contribution in [0.5, 0.6) is 11.5 Å². The van der Waals surface area contributed by atoms with Crippen molar-refractivity contribution in [1.29, 1.82) is 0 Å². The molecule has 0 fully saturated rings. The Morgan fingerprint density at radius 2 is 1.79 bits per heavy atom. The number of nitrogens with zero attached hydrogens (tertiary/aromatic N) is 1. The molecule has 0 bridgehead atoms. The van der Waals surface area contributed by atoms with Gasteiger partial charge in [-0.2, -0.15) is 0 Å². The Balaban J connectivity index is 1.96. The van der Waals surface area contributed by atoms with E-state index in [1.165, 1.54) is 12.7 Å². The largest absolute Gasteiger partial charge is 0.493 e. The van der Waals surface area contributed by atoms with Crippen molar-refractivity contribution in [1.82, 2.24) is 4.90 Å². The van der Waals surface area contributed by atoms with Crippen molar-refractivity contribution < 1.29 is 23.8 Å². The molecule has 0 saturated heterocycles. The summed E-state index contributed by atoms with van der Waals surface area (Å²) in [6.45, 7) is 6.46. The van der Waals surface area contributed by atoms with E-state index in [1.807, 2.05) is 32.9 Å². The van der Waals surface area contributed by atoms with Crippen LogP contribution in [0, 0.1) is 13.8 Å². The molecule has 6 heteroatoms. The highest BCUT2D eigenvalue weighted by Crippen LogP contribution is 2.28. The first kappa shape index (κ1) is 21.3. The number of carbonyl (C=O) groups excluding carboxylic acids is 2. The first-order valence-electron chi connectivity index (χ1n) is 9.13. The number of hydrogen-bond acceptors (Lipinski definition) is 5. The number of hydrogen-bond donors (Lipinski definition) is 0. The predicted octanol–water partition coefficient (Wildman–Crippen LogP) is 3.53. The Hall–Kier alpha value is -3.02. The zero-order valence-corrected chi connectivity index (χ0v) is 17.1. The van der Waals surface area contributed by atoms with Gasteiger partial charge in [-0.05, 0) is 50.1 Å². The Kier molecular flexibility index (Phi) is 7.44. The Morgan fingerprint density at radius 3 is 2.43 bits per heavy atom. The molecule has 0 N–H and O–H groups in total. The number of rotatable bonds is 8. The molecule has 0 aliphatic carbocycles. The number of benzene rings is 2. The van der Waals surface area contributed by atoms with Crippen LogP contribution in [0.2, 0.25) is 0 Å². The van der Waals surface area contributed by atoms with E-state index in [4.69, 9.17) is 14.2 Å². The first-order valence-corrected chi connectivity index (χ1v) is 9.13. The first-order chi connectivity index (χ1) is 13.3. The van der Waals surface area contributed by atoms with Crippen LogP contribution in [-0.4, -0.2) is 44.1 Å². The second-order valence-corrected chi connectivity index (χ2v) is 6.55. The highest BCUT2D eigenvalue weighted by atomic mass is 16.5. The molecule has 150 valence electrons. The topological polar surface area (TPSA) is 65.1 Å². The van der Waals surface area contributed by atoms with Crippen LogP contribution in [0.15, 0.2) is 36.4 Å². The highest BCUT2D eigenvalue weighted by molar-refractivity contribution is 5.92. The van der Waals surface area contributed by atoms with Gasteiger partial charge >= 0.3 is 5.97 Å². The molecular formula is C22H27NO5. The van der Waals surface area contributed by atoms with Gasteiger partial charge in [0.2, 0.25) is 0 Å². The molecule has 0 aromatic heterocycles. The van der Waals surface area contributed by atoms with Crippen LogP contribution >= 0.6 is 0 Å². The molecule has 0 saturated carbocycles. The molecule has 0 aliphatic rings. The minimum Gasteiger partial charge on any atom is -0.493 e. The normalized spacial score (nSPS) is 10.3. The van der Waals surface area contributed by atoms with Crippen LogP contribution in [0.3, 0.4) is 0 Å². The molecule has 28 heavy (non-hydrogen) atoms. The number of carbonyl (C=O) groups is 2. The highest BCUT2D eigenvalue weighted by Gasteiger charge is 2.16. The van der Waals surface area contributed by atoms with E-state index in [0.29, 0.717) is 30.2 Å². The molecule has 6 nitrogen and oxygen atoms in total. The van der Waals surface area contributed by atoms with Gasteiger partial charge in [-0.25, -0.2) is 4.79 Å². The maximum Gasteiger partial charge on any atom is 0.338 e. The van der Waals surface area contributed by atoms with Crippen LogP contribution < -0.4 is 9.47 Å². The lowest BCUT2D eigenvalue weighted by molar-refractivity contribution is -0.133. The molecule has 2 aromatic carbocycles. The Bertz CT molecular complexity index is 847. The lowest BCUT2D eigenvalue weighted by atomic mass is 10.1. The van der Waals surface area contributed by atoms with Gasteiger partial charge in [-0.15, -0.1) is 0 Å². The van der Waals surface area contributed by atoms with Gasteiger partial charge in [-0.3, -0.25) is 4.79 Å². The third-order valence-electron chi connectivity index (χ3n) is 4.36. The van der Waals surface area contributed by atoms with Gasteiger partial charge in [0.1, 0.15) is 0 Å². The molecule has 0 unspecified atom stereocenters. The van der Waals surface area contributed by atoms with E-state index in [1.54, 1.807) is 30.1 Å². The summed E-state index contributed by atoms with van der Waals surface area (Å²) < 4.78 is 15.8. The lowest BCUT2D eigenvalue weighted by Crippen LogP contribution is -2.31. The van der Waals surface area contributed by atoms with Gasteiger partial charge in [0.05, 0.1) is 19.3 Å². The zero-order chi connectivity index (χ0) is 20.7. The second-order valence-electron chi connectivity index (χ2n) is 6.55. The lowest BCUT2D eigenvalue weighted by Gasteiger charge is -2.19. The summed E-state index contributed by atoms with van der Waals surface area (Å²) in [5.41, 5.74) is 3.66. The smallest absolute Gasteiger partial charge is 0.338 e. The van der Waals surface area contributed by atoms with E-state index in [9.17, 15) is 9.59 Å². The molecule has 0 radical (unpaired) electrons. The van der Waals surface area contributed by atoms with Crippen LogP contribution in [0.4, 0.5) is 0 Å². The number of amides is 1. The summed E-state index contributed by atoms with van der Waals surface area (Å²) in [5, 5.41) is 0. The fraction of sp³-hybridized carbons (Fsp3) is 0.364. The molecule has 2 rings (SSSR count). The van der Waals surface area contributed by atoms with Crippen molar-refractivity contribution in [2.24, 2.45) is 0 Å². The van der Waals surface area contributed by atoms with Crippen molar-refractivity contribution in [3.05, 3.63) is 58.7 Å². The van der Waals surface area contributed by atoms with Crippen LogP contribution in [0.25, 0.3) is 0 Å². The third-order valence-corrected chi connectivity index (χ3v) is 4.36. The molecule has 1 amide bonds. The Labute approximate surface area is 166 Å². The fourth-order valence-corrected chi connectivity index (χ4v) is 2.76. The van der Waals surface area contributed by atoms with Gasteiger partial charge in [0, 0.05) is 13.6 Å². The van der Waals surface area contributed by atoms with Crippen LogP contribution in [-0.2, 0) is 16.1 Å². The van der Waals surface area contributed by atoms with Crippen molar-refractivity contribution in [3.8, 4) is 11.5 Å².